The van der Waals surface area contributed by atoms with Gasteiger partial charge in [0.2, 0.25) is 0 Å². The molecule has 2 heterocycles. The fraction of sp³-hybridized carbons (Fsp3) is 0.562. The van der Waals surface area contributed by atoms with Gasteiger partial charge in [-0.05, 0) is 44.2 Å². The number of hydrogen-bond acceptors (Lipinski definition) is 2. The summed E-state index contributed by atoms with van der Waals surface area (Å²) in [5, 5.41) is 0. The zero-order valence-corrected chi connectivity index (χ0v) is 11.5. The highest BCUT2D eigenvalue weighted by molar-refractivity contribution is 5.96. The number of ether oxygens (including phenoxy) is 1. The first-order valence-corrected chi connectivity index (χ1v) is 7.26. The van der Waals surface area contributed by atoms with Crippen LogP contribution >= 0.6 is 0 Å². The van der Waals surface area contributed by atoms with Gasteiger partial charge in [0.1, 0.15) is 0 Å². The molecule has 3 nitrogen and oxygen atoms in total. The zero-order valence-electron chi connectivity index (χ0n) is 11.5. The molecule has 0 radical (unpaired) electrons. The Bertz CT molecular complexity index is 472. The molecule has 102 valence electrons. The largest absolute Gasteiger partial charge is 0.373 e. The SMILES string of the molecule is CC1CCC(CN2CCCc3ccccc3C2=O)O1. The van der Waals surface area contributed by atoms with Gasteiger partial charge in [0.15, 0.2) is 0 Å². The van der Waals surface area contributed by atoms with Gasteiger partial charge in [0.05, 0.1) is 12.2 Å². The van der Waals surface area contributed by atoms with E-state index in [4.69, 9.17) is 4.74 Å². The molecule has 3 heteroatoms. The number of amides is 1. The van der Waals surface area contributed by atoms with Gasteiger partial charge in [-0.3, -0.25) is 4.79 Å². The molecule has 1 saturated heterocycles. The minimum atomic E-state index is 0.177. The maximum atomic E-state index is 12.6. The van der Waals surface area contributed by atoms with E-state index in [0.717, 1.165) is 44.3 Å². The lowest BCUT2D eigenvalue weighted by molar-refractivity contribution is 0.0285. The van der Waals surface area contributed by atoms with Crippen LogP contribution in [0.15, 0.2) is 24.3 Å². The summed E-state index contributed by atoms with van der Waals surface area (Å²) in [6.45, 7) is 3.71. The second-order valence-corrected chi connectivity index (χ2v) is 5.66. The van der Waals surface area contributed by atoms with E-state index in [0.29, 0.717) is 6.10 Å². The van der Waals surface area contributed by atoms with E-state index in [-0.39, 0.29) is 12.0 Å². The first-order chi connectivity index (χ1) is 9.24. The molecule has 0 spiro atoms. The lowest BCUT2D eigenvalue weighted by atomic mass is 10.0. The minimum absolute atomic E-state index is 0.177. The standard InChI is InChI=1S/C16H21NO2/c1-12-8-9-14(19-12)11-17-10-4-6-13-5-2-3-7-15(13)16(17)18/h2-3,5,7,12,14H,4,6,8-11H2,1H3. The number of benzene rings is 1. The van der Waals surface area contributed by atoms with Gasteiger partial charge in [-0.25, -0.2) is 0 Å². The van der Waals surface area contributed by atoms with E-state index in [1.165, 1.54) is 5.56 Å². The molecule has 3 rings (SSSR count). The fourth-order valence-corrected chi connectivity index (χ4v) is 3.12. The van der Waals surface area contributed by atoms with Crippen LogP contribution in [-0.2, 0) is 11.2 Å². The van der Waals surface area contributed by atoms with Gasteiger partial charge >= 0.3 is 0 Å². The molecule has 0 aliphatic carbocycles. The van der Waals surface area contributed by atoms with Crippen molar-refractivity contribution in [2.24, 2.45) is 0 Å². The lowest BCUT2D eigenvalue weighted by Gasteiger charge is -2.24. The molecule has 0 saturated carbocycles. The molecule has 0 bridgehead atoms. The van der Waals surface area contributed by atoms with E-state index >= 15 is 0 Å². The van der Waals surface area contributed by atoms with Crippen molar-refractivity contribution in [1.29, 1.82) is 0 Å². The summed E-state index contributed by atoms with van der Waals surface area (Å²) in [5.74, 6) is 0.177. The molecule has 2 atom stereocenters. The smallest absolute Gasteiger partial charge is 0.254 e. The van der Waals surface area contributed by atoms with E-state index in [1.807, 2.05) is 23.1 Å². The Labute approximate surface area is 114 Å². The summed E-state index contributed by atoms with van der Waals surface area (Å²) in [5.41, 5.74) is 2.07. The predicted molar refractivity (Wildman–Crippen MR) is 74.2 cm³/mol. The molecule has 1 aromatic carbocycles. The van der Waals surface area contributed by atoms with Crippen LogP contribution in [0.5, 0.6) is 0 Å². The van der Waals surface area contributed by atoms with Crippen LogP contribution < -0.4 is 0 Å². The predicted octanol–water partition coefficient (Wildman–Crippen LogP) is 2.64. The third-order valence-corrected chi connectivity index (χ3v) is 4.15. The number of nitrogens with zero attached hydrogens (tertiary/aromatic N) is 1. The molecule has 0 N–H and O–H groups in total. The van der Waals surface area contributed by atoms with Crippen molar-refractivity contribution < 1.29 is 9.53 Å². The average Bonchev–Trinajstić information content (AvgIpc) is 2.75. The molecule has 19 heavy (non-hydrogen) atoms. The Kier molecular flexibility index (Phi) is 3.56. The number of hydrogen-bond donors (Lipinski definition) is 0. The quantitative estimate of drug-likeness (QED) is 0.817. The Hall–Kier alpha value is -1.35. The summed E-state index contributed by atoms with van der Waals surface area (Å²) >= 11 is 0. The van der Waals surface area contributed by atoms with Crippen LogP contribution in [-0.4, -0.2) is 36.1 Å². The number of aryl methyl sites for hydroxylation is 1. The Morgan fingerprint density at radius 1 is 1.32 bits per heavy atom. The number of carbonyl (C=O) groups is 1. The van der Waals surface area contributed by atoms with Crippen LogP contribution in [0.25, 0.3) is 0 Å². The highest BCUT2D eigenvalue weighted by Gasteiger charge is 2.28. The zero-order chi connectivity index (χ0) is 13.2. The molecule has 1 aromatic rings. The molecule has 1 amide bonds. The van der Waals surface area contributed by atoms with Crippen LogP contribution in [0.1, 0.15) is 42.1 Å². The van der Waals surface area contributed by atoms with Gasteiger partial charge < -0.3 is 9.64 Å². The third kappa shape index (κ3) is 2.66. The molecule has 0 aromatic heterocycles. The van der Waals surface area contributed by atoms with Gasteiger partial charge in [-0.1, -0.05) is 18.2 Å². The van der Waals surface area contributed by atoms with Crippen molar-refractivity contribution in [3.63, 3.8) is 0 Å². The number of fused-ring (bicyclic) bond motifs is 1. The van der Waals surface area contributed by atoms with Crippen LogP contribution in [0.3, 0.4) is 0 Å². The highest BCUT2D eigenvalue weighted by atomic mass is 16.5. The number of carbonyl (C=O) groups excluding carboxylic acids is 1. The second-order valence-electron chi connectivity index (χ2n) is 5.66. The van der Waals surface area contributed by atoms with Gasteiger partial charge in [-0.15, -0.1) is 0 Å². The molecule has 2 unspecified atom stereocenters. The summed E-state index contributed by atoms with van der Waals surface area (Å²) in [6.07, 6.45) is 4.81. The van der Waals surface area contributed by atoms with Crippen molar-refractivity contribution in [3.8, 4) is 0 Å². The third-order valence-electron chi connectivity index (χ3n) is 4.15. The summed E-state index contributed by atoms with van der Waals surface area (Å²) < 4.78 is 5.85. The lowest BCUT2D eigenvalue weighted by Crippen LogP contribution is -2.37. The second kappa shape index (κ2) is 5.33. The number of rotatable bonds is 2. The van der Waals surface area contributed by atoms with Crippen molar-refractivity contribution in [1.82, 2.24) is 4.90 Å². The highest BCUT2D eigenvalue weighted by Crippen LogP contribution is 2.23. The molecule has 1 fully saturated rings. The van der Waals surface area contributed by atoms with Gasteiger partial charge in [-0.2, -0.15) is 0 Å². The van der Waals surface area contributed by atoms with Crippen LogP contribution in [0.4, 0.5) is 0 Å². The normalized spacial score (nSPS) is 27.2. The maximum absolute atomic E-state index is 12.6. The average molecular weight is 259 g/mol. The Morgan fingerprint density at radius 2 is 2.16 bits per heavy atom. The molecular formula is C16H21NO2. The maximum Gasteiger partial charge on any atom is 0.254 e. The molecular weight excluding hydrogens is 238 g/mol. The monoisotopic (exact) mass is 259 g/mol. The van der Waals surface area contributed by atoms with Crippen molar-refractivity contribution >= 4 is 5.91 Å². The van der Waals surface area contributed by atoms with Crippen molar-refractivity contribution in [3.05, 3.63) is 35.4 Å². The van der Waals surface area contributed by atoms with E-state index in [9.17, 15) is 4.79 Å². The van der Waals surface area contributed by atoms with Crippen LogP contribution in [0.2, 0.25) is 0 Å². The van der Waals surface area contributed by atoms with Gasteiger partial charge in [0, 0.05) is 18.7 Å². The molecule has 2 aliphatic rings. The van der Waals surface area contributed by atoms with Crippen molar-refractivity contribution in [2.75, 3.05) is 13.1 Å². The first-order valence-electron chi connectivity index (χ1n) is 7.26. The van der Waals surface area contributed by atoms with E-state index in [1.54, 1.807) is 0 Å². The fourth-order valence-electron chi connectivity index (χ4n) is 3.12. The minimum Gasteiger partial charge on any atom is -0.373 e. The summed E-state index contributed by atoms with van der Waals surface area (Å²) in [7, 11) is 0. The Morgan fingerprint density at radius 3 is 2.95 bits per heavy atom. The van der Waals surface area contributed by atoms with Gasteiger partial charge in [0.25, 0.3) is 5.91 Å². The Balaban J connectivity index is 1.74. The van der Waals surface area contributed by atoms with E-state index < -0.39 is 0 Å². The van der Waals surface area contributed by atoms with E-state index in [2.05, 4.69) is 13.0 Å². The molecule has 2 aliphatic heterocycles. The van der Waals surface area contributed by atoms with Crippen molar-refractivity contribution in [2.45, 2.75) is 44.8 Å². The summed E-state index contributed by atoms with van der Waals surface area (Å²) in [6, 6.07) is 8.00. The summed E-state index contributed by atoms with van der Waals surface area (Å²) in [4.78, 5) is 14.6. The van der Waals surface area contributed by atoms with Crippen LogP contribution in [0, 0.1) is 0 Å². The first kappa shape index (κ1) is 12.7. The topological polar surface area (TPSA) is 29.5 Å².